The van der Waals surface area contributed by atoms with Crippen LogP contribution in [-0.4, -0.2) is 43.3 Å². The third-order valence-corrected chi connectivity index (χ3v) is 1.86. The molecule has 136 valence electrons. The molecule has 0 amide bonds. The van der Waals surface area contributed by atoms with Gasteiger partial charge in [-0.05, 0) is 11.1 Å². The fourth-order valence-corrected chi connectivity index (χ4v) is 0.753. The zero-order valence-corrected chi connectivity index (χ0v) is 16.7. The Bertz CT molecular complexity index is 401. The number of thiol groups is 4. The van der Waals surface area contributed by atoms with Gasteiger partial charge in [-0.1, -0.05) is 16.1 Å². The van der Waals surface area contributed by atoms with Gasteiger partial charge in [0.15, 0.2) is 0 Å². The molecular weight excluding hydrogens is 388 g/mol. The Morgan fingerprint density at radius 2 is 1.38 bits per heavy atom. The third-order valence-electron chi connectivity index (χ3n) is 1.19. The van der Waals surface area contributed by atoms with Gasteiger partial charge in [0.1, 0.15) is 0 Å². The predicted octanol–water partition coefficient (Wildman–Crippen LogP) is 3.85. The average molecular weight is 411 g/mol. The molecule has 0 aromatic carbocycles. The van der Waals surface area contributed by atoms with Gasteiger partial charge in [0.2, 0.25) is 0 Å². The summed E-state index contributed by atoms with van der Waals surface area (Å²) in [5.74, 6) is 6.36. The molecule has 0 radical (unpaired) electrons. The number of hydrogen-bond donors (Lipinski definition) is 4. The lowest BCUT2D eigenvalue weighted by atomic mass is 10.5. The molecule has 8 nitrogen and oxygen atoms in total. The van der Waals surface area contributed by atoms with Crippen LogP contribution in [0.25, 0.3) is 20.9 Å². The van der Waals surface area contributed by atoms with Crippen LogP contribution < -0.4 is 0 Å². The van der Waals surface area contributed by atoms with Gasteiger partial charge in [-0.15, -0.1) is 18.8 Å². The van der Waals surface area contributed by atoms with Crippen LogP contribution >= 0.6 is 50.5 Å². The lowest BCUT2D eigenvalue weighted by Crippen LogP contribution is -1.93. The van der Waals surface area contributed by atoms with Crippen LogP contribution in [0.2, 0.25) is 0 Å². The predicted molar refractivity (Wildman–Crippen MR) is 113 cm³/mol. The Hall–Kier alpha value is -0.940. The van der Waals surface area contributed by atoms with Gasteiger partial charge in [-0.2, -0.15) is 50.5 Å². The molecular formula is C12H22N6O2S4. The summed E-state index contributed by atoms with van der Waals surface area (Å²) >= 11 is 14.8. The number of rotatable bonds is 8. The molecule has 0 rings (SSSR count). The maximum atomic E-state index is 7.75. The fourth-order valence-electron chi connectivity index (χ4n) is 0.439. The molecule has 0 aliphatic rings. The first-order valence-corrected chi connectivity index (χ1v) is 8.67. The number of nitrogens with zero attached hydrogens (tertiary/aromatic N) is 6. The van der Waals surface area contributed by atoms with Gasteiger partial charge >= 0.3 is 0 Å². The Balaban J connectivity index is -0.000000115. The molecule has 0 atom stereocenters. The monoisotopic (exact) mass is 410 g/mol. The molecule has 0 saturated heterocycles. The zero-order chi connectivity index (χ0) is 19.3. The first-order valence-electron chi connectivity index (χ1n) is 6.14. The first-order chi connectivity index (χ1) is 11.7. The SMILES string of the molecule is C#CCCOCS.C#CCS.[N-]=[N+]=NCCOCS.[N-]=[N+]=NCS. The highest BCUT2D eigenvalue weighted by atomic mass is 32.1. The summed E-state index contributed by atoms with van der Waals surface area (Å²) in [6.07, 6.45) is 10.3. The minimum absolute atomic E-state index is 0.247. The van der Waals surface area contributed by atoms with Gasteiger partial charge in [-0.3, -0.25) is 0 Å². The van der Waals surface area contributed by atoms with Crippen LogP contribution in [0.4, 0.5) is 0 Å². The Morgan fingerprint density at radius 3 is 1.67 bits per heavy atom. The maximum Gasteiger partial charge on any atom is 0.0892 e. The Kier molecular flexibility index (Phi) is 55.5. The molecule has 0 spiro atoms. The number of hydrogen-bond acceptors (Lipinski definition) is 8. The van der Waals surface area contributed by atoms with E-state index in [2.05, 4.69) is 82.4 Å². The molecule has 0 unspecified atom stereocenters. The van der Waals surface area contributed by atoms with Gasteiger partial charge in [-0.25, -0.2) is 0 Å². The lowest BCUT2D eigenvalue weighted by molar-refractivity contribution is 0.191. The van der Waals surface area contributed by atoms with Crippen molar-refractivity contribution >= 4 is 50.5 Å². The zero-order valence-electron chi connectivity index (χ0n) is 13.1. The van der Waals surface area contributed by atoms with E-state index in [1.807, 2.05) is 0 Å². The van der Waals surface area contributed by atoms with E-state index in [1.165, 1.54) is 0 Å². The van der Waals surface area contributed by atoms with Gasteiger partial charge in [0.25, 0.3) is 0 Å². The standard InChI is InChI=1S/C5H8OS.C3H7N3OS.C3H4S.CH3N3S/c1-2-3-4-6-5-7;4-6-5-1-2-7-3-8;1-2-3-4;2-4-3-1-5/h1,7H,3-5H2;8H,1-3H2;1,4H,3H2;5H,1H2. The van der Waals surface area contributed by atoms with Crippen molar-refractivity contribution in [1.29, 1.82) is 0 Å². The quantitative estimate of drug-likeness (QED) is 0.0925. The van der Waals surface area contributed by atoms with E-state index >= 15 is 0 Å². The van der Waals surface area contributed by atoms with Gasteiger partial charge in [0, 0.05) is 22.8 Å². The minimum Gasteiger partial charge on any atom is -0.371 e. The van der Waals surface area contributed by atoms with E-state index in [0.717, 1.165) is 0 Å². The van der Waals surface area contributed by atoms with E-state index in [-0.39, 0.29) is 5.88 Å². The second-order valence-electron chi connectivity index (χ2n) is 2.72. The molecule has 0 saturated carbocycles. The van der Waals surface area contributed by atoms with Crippen LogP contribution in [-0.2, 0) is 9.47 Å². The van der Waals surface area contributed by atoms with E-state index in [4.69, 9.17) is 33.4 Å². The molecule has 0 aromatic heterocycles. The van der Waals surface area contributed by atoms with Crippen LogP contribution in [0.15, 0.2) is 10.2 Å². The summed E-state index contributed by atoms with van der Waals surface area (Å²) in [5, 5.41) is 6.25. The molecule has 0 N–H and O–H groups in total. The summed E-state index contributed by atoms with van der Waals surface area (Å²) in [5.41, 5.74) is 15.2. The lowest BCUT2D eigenvalue weighted by Gasteiger charge is -1.91. The molecule has 0 aliphatic heterocycles. The number of terminal acetylenes is 2. The molecule has 24 heavy (non-hydrogen) atoms. The second kappa shape index (κ2) is 43.1. The highest BCUT2D eigenvalue weighted by Gasteiger charge is 1.78. The highest BCUT2D eigenvalue weighted by Crippen LogP contribution is 1.80. The van der Waals surface area contributed by atoms with Crippen molar-refractivity contribution in [3.8, 4) is 24.7 Å². The summed E-state index contributed by atoms with van der Waals surface area (Å²) in [6.45, 7) is 1.46. The third kappa shape index (κ3) is 69.3. The summed E-state index contributed by atoms with van der Waals surface area (Å²) in [7, 11) is 0. The Labute approximate surface area is 165 Å². The maximum absolute atomic E-state index is 7.75. The van der Waals surface area contributed by atoms with Crippen LogP contribution in [0.5, 0.6) is 0 Å². The van der Waals surface area contributed by atoms with Crippen molar-refractivity contribution in [3.05, 3.63) is 20.9 Å². The van der Waals surface area contributed by atoms with Crippen molar-refractivity contribution in [1.82, 2.24) is 0 Å². The molecule has 0 aliphatic carbocycles. The minimum atomic E-state index is 0.247. The van der Waals surface area contributed by atoms with Crippen molar-refractivity contribution in [2.45, 2.75) is 6.42 Å². The van der Waals surface area contributed by atoms with Crippen LogP contribution in [0.1, 0.15) is 6.42 Å². The van der Waals surface area contributed by atoms with Gasteiger partial charge in [0.05, 0.1) is 36.7 Å². The van der Waals surface area contributed by atoms with E-state index in [1.54, 1.807) is 0 Å². The van der Waals surface area contributed by atoms with Crippen molar-refractivity contribution < 1.29 is 9.47 Å². The highest BCUT2D eigenvalue weighted by molar-refractivity contribution is 7.80. The van der Waals surface area contributed by atoms with Gasteiger partial charge < -0.3 is 9.47 Å². The van der Waals surface area contributed by atoms with Crippen molar-refractivity contribution in [3.63, 3.8) is 0 Å². The molecule has 0 aromatic rings. The largest absolute Gasteiger partial charge is 0.371 e. The number of azide groups is 2. The molecule has 12 heteroatoms. The van der Waals surface area contributed by atoms with Crippen molar-refractivity contribution in [2.24, 2.45) is 10.2 Å². The van der Waals surface area contributed by atoms with Crippen molar-refractivity contribution in [2.75, 3.05) is 43.3 Å². The van der Waals surface area contributed by atoms with E-state index < -0.39 is 0 Å². The normalized spacial score (nSPS) is 7.08. The molecule has 0 heterocycles. The van der Waals surface area contributed by atoms with Crippen LogP contribution in [0.3, 0.4) is 0 Å². The summed E-state index contributed by atoms with van der Waals surface area (Å²) in [4.78, 5) is 4.93. The molecule has 0 bridgehead atoms. The van der Waals surface area contributed by atoms with Crippen LogP contribution in [0, 0.1) is 24.7 Å². The van der Waals surface area contributed by atoms with E-state index in [0.29, 0.717) is 43.8 Å². The smallest absolute Gasteiger partial charge is 0.0892 e. The topological polar surface area (TPSA) is 116 Å². The first kappa shape index (κ1) is 30.9. The number of ether oxygens (including phenoxy) is 2. The van der Waals surface area contributed by atoms with E-state index in [9.17, 15) is 0 Å². The Morgan fingerprint density at radius 1 is 0.875 bits per heavy atom. The summed E-state index contributed by atoms with van der Waals surface area (Å²) < 4.78 is 9.53. The molecule has 0 fully saturated rings. The second-order valence-corrected chi connectivity index (χ2v) is 3.83. The average Bonchev–Trinajstić information content (AvgIpc) is 2.61. The fraction of sp³-hybridized carbons (Fsp3) is 0.667. The summed E-state index contributed by atoms with van der Waals surface area (Å²) in [6, 6.07) is 0.